The van der Waals surface area contributed by atoms with Crippen molar-refractivity contribution in [2.24, 2.45) is 5.73 Å². The topological polar surface area (TPSA) is 43.3 Å². The summed E-state index contributed by atoms with van der Waals surface area (Å²) >= 11 is 1.69. The van der Waals surface area contributed by atoms with Gasteiger partial charge >= 0.3 is 0 Å². The smallest absolute Gasteiger partial charge is 0.194 e. The third-order valence-corrected chi connectivity index (χ3v) is 4.59. The molecule has 2 aromatic heterocycles. The summed E-state index contributed by atoms with van der Waals surface area (Å²) in [6.07, 6.45) is 1.91. The lowest BCUT2D eigenvalue weighted by atomic mass is 10.1. The van der Waals surface area contributed by atoms with Crippen molar-refractivity contribution in [2.45, 2.75) is 26.7 Å². The van der Waals surface area contributed by atoms with Gasteiger partial charge in [-0.1, -0.05) is 31.2 Å². The Morgan fingerprint density at radius 1 is 1.25 bits per heavy atom. The molecule has 0 saturated heterocycles. The Balaban J connectivity index is 2.15. The maximum absolute atomic E-state index is 5.78. The van der Waals surface area contributed by atoms with Crippen LogP contribution in [0, 0.1) is 6.92 Å². The molecule has 3 nitrogen and oxygen atoms in total. The Bertz CT molecular complexity index is 722. The molecule has 0 aliphatic rings. The fraction of sp³-hybridized carbons (Fsp3) is 0.312. The summed E-state index contributed by atoms with van der Waals surface area (Å²) in [5.74, 6) is 0. The van der Waals surface area contributed by atoms with Crippen molar-refractivity contribution < 1.29 is 0 Å². The minimum absolute atomic E-state index is 0.642. The summed E-state index contributed by atoms with van der Waals surface area (Å²) in [6, 6.07) is 8.70. The van der Waals surface area contributed by atoms with Gasteiger partial charge in [0.05, 0.1) is 11.4 Å². The van der Waals surface area contributed by atoms with Gasteiger partial charge in [-0.25, -0.2) is 4.98 Å². The third kappa shape index (κ3) is 2.15. The molecule has 0 spiro atoms. The lowest BCUT2D eigenvalue weighted by Gasteiger charge is -2.05. The van der Waals surface area contributed by atoms with Crippen LogP contribution < -0.4 is 5.73 Å². The van der Waals surface area contributed by atoms with Gasteiger partial charge in [0, 0.05) is 23.1 Å². The Morgan fingerprint density at radius 2 is 2.00 bits per heavy atom. The number of aryl methyl sites for hydroxylation is 2. The molecule has 20 heavy (non-hydrogen) atoms. The van der Waals surface area contributed by atoms with Crippen molar-refractivity contribution in [2.75, 3.05) is 6.54 Å². The van der Waals surface area contributed by atoms with E-state index in [4.69, 9.17) is 10.7 Å². The Labute approximate surface area is 123 Å². The molecule has 0 aliphatic carbocycles. The molecule has 2 heterocycles. The standard InChI is InChI=1S/C16H19N3S/c1-3-12-4-6-13(7-5-12)15-14(8-9-17)19-11(2)10-20-16(19)18-15/h4-7,10H,3,8-9,17H2,1-2H3. The SMILES string of the molecule is CCc1ccc(-c2nc3scc(C)n3c2CCN)cc1. The molecule has 0 amide bonds. The molecular weight excluding hydrogens is 266 g/mol. The average Bonchev–Trinajstić information content (AvgIpc) is 3.01. The largest absolute Gasteiger partial charge is 0.330 e. The fourth-order valence-corrected chi connectivity index (χ4v) is 3.45. The minimum atomic E-state index is 0.642. The van der Waals surface area contributed by atoms with Gasteiger partial charge in [-0.3, -0.25) is 4.40 Å². The molecule has 3 rings (SSSR count). The predicted octanol–water partition coefficient (Wildman–Crippen LogP) is 3.43. The van der Waals surface area contributed by atoms with Crippen molar-refractivity contribution in [1.82, 2.24) is 9.38 Å². The summed E-state index contributed by atoms with van der Waals surface area (Å²) in [4.78, 5) is 5.86. The zero-order valence-corrected chi connectivity index (χ0v) is 12.7. The number of fused-ring (bicyclic) bond motifs is 1. The summed E-state index contributed by atoms with van der Waals surface area (Å²) in [6.45, 7) is 4.93. The van der Waals surface area contributed by atoms with Crippen LogP contribution in [0.3, 0.4) is 0 Å². The van der Waals surface area contributed by atoms with E-state index >= 15 is 0 Å². The Kier molecular flexibility index (Phi) is 3.59. The molecule has 4 heteroatoms. The molecule has 1 aromatic carbocycles. The fourth-order valence-electron chi connectivity index (χ4n) is 2.56. The number of nitrogens with two attached hydrogens (primary N) is 1. The van der Waals surface area contributed by atoms with Crippen LogP contribution in [0.5, 0.6) is 0 Å². The van der Waals surface area contributed by atoms with Gasteiger partial charge < -0.3 is 5.73 Å². The number of imidazole rings is 1. The van der Waals surface area contributed by atoms with E-state index in [1.54, 1.807) is 11.3 Å². The first-order valence-electron chi connectivity index (χ1n) is 6.99. The van der Waals surface area contributed by atoms with Gasteiger partial charge in [-0.15, -0.1) is 11.3 Å². The molecular formula is C16H19N3S. The van der Waals surface area contributed by atoms with E-state index in [1.165, 1.54) is 22.5 Å². The van der Waals surface area contributed by atoms with Crippen molar-refractivity contribution in [3.05, 3.63) is 46.6 Å². The van der Waals surface area contributed by atoms with Gasteiger partial charge in [-0.05, 0) is 25.5 Å². The van der Waals surface area contributed by atoms with Crippen LogP contribution >= 0.6 is 11.3 Å². The van der Waals surface area contributed by atoms with Crippen LogP contribution in [0.4, 0.5) is 0 Å². The molecule has 0 radical (unpaired) electrons. The molecule has 0 aliphatic heterocycles. The number of nitrogens with zero attached hydrogens (tertiary/aromatic N) is 2. The van der Waals surface area contributed by atoms with Crippen molar-refractivity contribution in [3.8, 4) is 11.3 Å². The number of hydrogen-bond donors (Lipinski definition) is 1. The lowest BCUT2D eigenvalue weighted by Crippen LogP contribution is -2.06. The zero-order valence-electron chi connectivity index (χ0n) is 11.9. The first kappa shape index (κ1) is 13.3. The highest BCUT2D eigenvalue weighted by atomic mass is 32.1. The van der Waals surface area contributed by atoms with Crippen LogP contribution in [0.1, 0.15) is 23.9 Å². The second-order valence-electron chi connectivity index (χ2n) is 4.99. The van der Waals surface area contributed by atoms with Gasteiger partial charge in [0.15, 0.2) is 4.96 Å². The first-order chi connectivity index (χ1) is 9.74. The highest BCUT2D eigenvalue weighted by Gasteiger charge is 2.15. The normalized spacial score (nSPS) is 11.3. The van der Waals surface area contributed by atoms with Crippen LogP contribution in [0.2, 0.25) is 0 Å². The molecule has 0 bridgehead atoms. The van der Waals surface area contributed by atoms with E-state index < -0.39 is 0 Å². The summed E-state index contributed by atoms with van der Waals surface area (Å²) in [5, 5.41) is 2.15. The van der Waals surface area contributed by atoms with E-state index in [9.17, 15) is 0 Å². The summed E-state index contributed by atoms with van der Waals surface area (Å²) in [7, 11) is 0. The summed E-state index contributed by atoms with van der Waals surface area (Å²) in [5.41, 5.74) is 11.9. The number of benzene rings is 1. The van der Waals surface area contributed by atoms with E-state index in [2.05, 4.69) is 47.9 Å². The number of hydrogen-bond acceptors (Lipinski definition) is 3. The highest BCUT2D eigenvalue weighted by molar-refractivity contribution is 7.15. The van der Waals surface area contributed by atoms with E-state index in [0.29, 0.717) is 6.54 Å². The van der Waals surface area contributed by atoms with Gasteiger partial charge in [0.25, 0.3) is 0 Å². The monoisotopic (exact) mass is 285 g/mol. The van der Waals surface area contributed by atoms with Crippen LogP contribution in [-0.4, -0.2) is 15.9 Å². The number of rotatable bonds is 4. The zero-order chi connectivity index (χ0) is 14.1. The Morgan fingerprint density at radius 3 is 2.65 bits per heavy atom. The van der Waals surface area contributed by atoms with Crippen molar-refractivity contribution in [3.63, 3.8) is 0 Å². The molecule has 0 unspecified atom stereocenters. The molecule has 0 fully saturated rings. The molecule has 0 atom stereocenters. The van der Waals surface area contributed by atoms with Crippen molar-refractivity contribution in [1.29, 1.82) is 0 Å². The van der Waals surface area contributed by atoms with Crippen LogP contribution in [0.15, 0.2) is 29.6 Å². The van der Waals surface area contributed by atoms with E-state index in [-0.39, 0.29) is 0 Å². The first-order valence-corrected chi connectivity index (χ1v) is 7.87. The second kappa shape index (κ2) is 5.38. The number of aromatic nitrogens is 2. The van der Waals surface area contributed by atoms with E-state index in [1.807, 2.05) is 0 Å². The molecule has 0 saturated carbocycles. The molecule has 3 aromatic rings. The van der Waals surface area contributed by atoms with Crippen LogP contribution in [0.25, 0.3) is 16.2 Å². The predicted molar refractivity (Wildman–Crippen MR) is 85.4 cm³/mol. The summed E-state index contributed by atoms with van der Waals surface area (Å²) < 4.78 is 2.24. The van der Waals surface area contributed by atoms with Gasteiger partial charge in [0.1, 0.15) is 0 Å². The Hall–Kier alpha value is -1.65. The second-order valence-corrected chi connectivity index (χ2v) is 5.83. The quantitative estimate of drug-likeness (QED) is 0.798. The van der Waals surface area contributed by atoms with E-state index in [0.717, 1.165) is 23.5 Å². The lowest BCUT2D eigenvalue weighted by molar-refractivity contribution is 0.898. The molecule has 2 N–H and O–H groups in total. The highest BCUT2D eigenvalue weighted by Crippen LogP contribution is 2.28. The average molecular weight is 285 g/mol. The van der Waals surface area contributed by atoms with Gasteiger partial charge in [0.2, 0.25) is 0 Å². The third-order valence-electron chi connectivity index (χ3n) is 3.65. The maximum atomic E-state index is 5.78. The van der Waals surface area contributed by atoms with Crippen LogP contribution in [-0.2, 0) is 12.8 Å². The van der Waals surface area contributed by atoms with Crippen molar-refractivity contribution >= 4 is 16.3 Å². The molecule has 104 valence electrons. The van der Waals surface area contributed by atoms with Gasteiger partial charge in [-0.2, -0.15) is 0 Å². The number of thiazole rings is 1. The maximum Gasteiger partial charge on any atom is 0.194 e. The minimum Gasteiger partial charge on any atom is -0.330 e.